The Balaban J connectivity index is 1.74. The normalized spacial score (nSPS) is 21.5. The van der Waals surface area contributed by atoms with Gasteiger partial charge in [-0.1, -0.05) is 25.3 Å². The van der Waals surface area contributed by atoms with Crippen LogP contribution < -0.4 is 5.32 Å². The van der Waals surface area contributed by atoms with E-state index in [-0.39, 0.29) is 36.0 Å². The molecule has 1 atom stereocenters. The number of aryl methyl sites for hydroxylation is 1. The minimum absolute atomic E-state index is 0.0616. The third kappa shape index (κ3) is 5.29. The van der Waals surface area contributed by atoms with Crippen molar-refractivity contribution >= 4 is 27.4 Å². The predicted molar refractivity (Wildman–Crippen MR) is 112 cm³/mol. The molecule has 1 heterocycles. The Kier molecular flexibility index (Phi) is 6.82. The van der Waals surface area contributed by atoms with Crippen molar-refractivity contribution in [2.45, 2.75) is 57.5 Å². The average molecular weight is 423 g/mol. The lowest BCUT2D eigenvalue weighted by atomic mass is 9.93. The quantitative estimate of drug-likeness (QED) is 0.708. The molecule has 7 nitrogen and oxygen atoms in total. The fourth-order valence-corrected chi connectivity index (χ4v) is 6.09. The van der Waals surface area contributed by atoms with Crippen LogP contribution in [-0.2, 0) is 19.4 Å². The molecule has 0 spiro atoms. The van der Waals surface area contributed by atoms with E-state index in [1.54, 1.807) is 12.1 Å². The maximum Gasteiger partial charge on any atom is 0.337 e. The number of sulfone groups is 1. The van der Waals surface area contributed by atoms with Crippen LogP contribution in [0.25, 0.3) is 0 Å². The van der Waals surface area contributed by atoms with E-state index in [2.05, 4.69) is 5.32 Å². The van der Waals surface area contributed by atoms with E-state index < -0.39 is 15.8 Å². The number of anilines is 1. The number of methoxy groups -OCH3 is 1. The van der Waals surface area contributed by atoms with Crippen molar-refractivity contribution in [1.82, 2.24) is 4.90 Å². The summed E-state index contributed by atoms with van der Waals surface area (Å²) in [5.41, 5.74) is 2.03. The highest BCUT2D eigenvalue weighted by molar-refractivity contribution is 7.91. The van der Waals surface area contributed by atoms with Crippen molar-refractivity contribution in [2.24, 2.45) is 0 Å². The van der Waals surface area contributed by atoms with Gasteiger partial charge in [0.1, 0.15) is 0 Å². The number of carbonyl (C=O) groups is 2. The van der Waals surface area contributed by atoms with E-state index in [1.165, 1.54) is 13.5 Å². The highest BCUT2D eigenvalue weighted by atomic mass is 32.2. The highest BCUT2D eigenvalue weighted by Crippen LogP contribution is 2.28. The van der Waals surface area contributed by atoms with Gasteiger partial charge < -0.3 is 15.0 Å². The van der Waals surface area contributed by atoms with Gasteiger partial charge in [0, 0.05) is 17.8 Å². The number of hydrogen-bond donors (Lipinski definition) is 1. The topological polar surface area (TPSA) is 92.8 Å². The van der Waals surface area contributed by atoms with E-state index >= 15 is 0 Å². The predicted octanol–water partition coefficient (Wildman–Crippen LogP) is 2.54. The Morgan fingerprint density at radius 3 is 2.48 bits per heavy atom. The second kappa shape index (κ2) is 9.15. The summed E-state index contributed by atoms with van der Waals surface area (Å²) in [6, 6.07) is 5.05. The summed E-state index contributed by atoms with van der Waals surface area (Å²) < 4.78 is 28.8. The zero-order valence-corrected chi connectivity index (χ0v) is 18.0. The Labute approximate surface area is 172 Å². The first-order valence-corrected chi connectivity index (χ1v) is 12.1. The van der Waals surface area contributed by atoms with Gasteiger partial charge in [0.15, 0.2) is 9.84 Å². The summed E-state index contributed by atoms with van der Waals surface area (Å²) in [5, 5.41) is 3.15. The van der Waals surface area contributed by atoms with Gasteiger partial charge in [-0.2, -0.15) is 0 Å². The van der Waals surface area contributed by atoms with Gasteiger partial charge >= 0.3 is 5.97 Å². The van der Waals surface area contributed by atoms with Crippen LogP contribution in [0.4, 0.5) is 5.69 Å². The zero-order valence-electron chi connectivity index (χ0n) is 17.1. The van der Waals surface area contributed by atoms with Gasteiger partial charge in [-0.3, -0.25) is 4.79 Å². The molecule has 3 rings (SSSR count). The van der Waals surface area contributed by atoms with Crippen molar-refractivity contribution in [3.8, 4) is 0 Å². The van der Waals surface area contributed by atoms with Crippen molar-refractivity contribution in [2.75, 3.05) is 30.5 Å². The molecule has 0 radical (unpaired) electrons. The minimum atomic E-state index is -3.07. The first kappa shape index (κ1) is 21.6. The van der Waals surface area contributed by atoms with Crippen LogP contribution in [0.2, 0.25) is 0 Å². The third-order valence-electron chi connectivity index (χ3n) is 5.95. The van der Waals surface area contributed by atoms with Crippen molar-refractivity contribution in [3.05, 3.63) is 29.3 Å². The molecule has 1 saturated carbocycles. The standard InChI is InChI=1S/C21H30N2O5S/c1-15-8-9-16(21(25)28-2)12-19(15)22-13-20(24)23(17-6-4-3-5-7-17)18-10-11-29(26,27)14-18/h8-9,12,17-18,22H,3-7,10-11,13-14H2,1-2H3. The fourth-order valence-electron chi connectivity index (χ4n) is 4.38. The average Bonchev–Trinajstić information content (AvgIpc) is 3.07. The van der Waals surface area contributed by atoms with Crippen molar-refractivity contribution in [3.63, 3.8) is 0 Å². The molecule has 1 unspecified atom stereocenters. The second-order valence-corrected chi connectivity index (χ2v) is 10.3. The summed E-state index contributed by atoms with van der Waals surface area (Å²) >= 11 is 0. The Morgan fingerprint density at radius 1 is 1.14 bits per heavy atom. The van der Waals surface area contributed by atoms with Gasteiger partial charge in [-0.05, 0) is 43.9 Å². The van der Waals surface area contributed by atoms with Crippen molar-refractivity contribution in [1.29, 1.82) is 0 Å². The number of benzene rings is 1. The van der Waals surface area contributed by atoms with Gasteiger partial charge in [-0.15, -0.1) is 0 Å². The number of nitrogens with one attached hydrogen (secondary N) is 1. The molecule has 1 aromatic carbocycles. The molecule has 1 saturated heterocycles. The summed E-state index contributed by atoms with van der Waals surface area (Å²) in [5.74, 6) is -0.296. The molecule has 2 fully saturated rings. The molecule has 0 aromatic heterocycles. The molecular formula is C21H30N2O5S. The summed E-state index contributed by atoms with van der Waals surface area (Å²) in [6.45, 7) is 1.97. The first-order valence-electron chi connectivity index (χ1n) is 10.2. The largest absolute Gasteiger partial charge is 0.465 e. The van der Waals surface area contributed by atoms with Crippen LogP contribution >= 0.6 is 0 Å². The fraction of sp³-hybridized carbons (Fsp3) is 0.619. The van der Waals surface area contributed by atoms with Crippen LogP contribution in [0.15, 0.2) is 18.2 Å². The lowest BCUT2D eigenvalue weighted by molar-refractivity contribution is -0.134. The molecule has 1 N–H and O–H groups in total. The van der Waals surface area contributed by atoms with Crippen LogP contribution in [0.5, 0.6) is 0 Å². The Morgan fingerprint density at radius 2 is 1.86 bits per heavy atom. The summed E-state index contributed by atoms with van der Waals surface area (Å²) in [6.07, 6.45) is 5.68. The van der Waals surface area contributed by atoms with Crippen LogP contribution in [-0.4, -0.2) is 62.4 Å². The number of esters is 1. The Bertz CT molecular complexity index is 862. The van der Waals surface area contributed by atoms with E-state index in [9.17, 15) is 18.0 Å². The van der Waals surface area contributed by atoms with Gasteiger partial charge in [0.2, 0.25) is 5.91 Å². The smallest absolute Gasteiger partial charge is 0.337 e. The van der Waals surface area contributed by atoms with E-state index in [0.29, 0.717) is 17.7 Å². The maximum absolute atomic E-state index is 13.2. The van der Waals surface area contributed by atoms with Crippen LogP contribution in [0.3, 0.4) is 0 Å². The van der Waals surface area contributed by atoms with E-state index in [1.807, 2.05) is 17.9 Å². The SMILES string of the molecule is COC(=O)c1ccc(C)c(NCC(=O)N(C2CCCCC2)C2CCS(=O)(=O)C2)c1. The number of rotatable bonds is 6. The number of hydrogen-bond acceptors (Lipinski definition) is 6. The molecule has 8 heteroatoms. The van der Waals surface area contributed by atoms with E-state index in [0.717, 1.165) is 31.2 Å². The zero-order chi connectivity index (χ0) is 21.0. The lowest BCUT2D eigenvalue weighted by Crippen LogP contribution is -2.50. The van der Waals surface area contributed by atoms with Crippen LogP contribution in [0, 0.1) is 6.92 Å². The number of carbonyl (C=O) groups excluding carboxylic acids is 2. The summed E-state index contributed by atoms with van der Waals surface area (Å²) in [7, 11) is -1.74. The highest BCUT2D eigenvalue weighted by Gasteiger charge is 2.38. The number of nitrogens with zero attached hydrogens (tertiary/aromatic N) is 1. The second-order valence-electron chi connectivity index (χ2n) is 8.02. The number of amides is 1. The minimum Gasteiger partial charge on any atom is -0.465 e. The maximum atomic E-state index is 13.2. The van der Waals surface area contributed by atoms with Gasteiger partial charge in [0.25, 0.3) is 0 Å². The van der Waals surface area contributed by atoms with Crippen molar-refractivity contribution < 1.29 is 22.7 Å². The third-order valence-corrected chi connectivity index (χ3v) is 7.70. The molecule has 1 amide bonds. The molecule has 160 valence electrons. The monoisotopic (exact) mass is 422 g/mol. The molecule has 0 bridgehead atoms. The molecule has 29 heavy (non-hydrogen) atoms. The summed E-state index contributed by atoms with van der Waals surface area (Å²) in [4.78, 5) is 26.8. The molecule has 1 aliphatic heterocycles. The first-order chi connectivity index (χ1) is 13.8. The molecule has 2 aliphatic rings. The molecular weight excluding hydrogens is 392 g/mol. The molecule has 1 aliphatic carbocycles. The molecule has 1 aromatic rings. The van der Waals surface area contributed by atoms with Crippen LogP contribution in [0.1, 0.15) is 54.4 Å². The lowest BCUT2D eigenvalue weighted by Gasteiger charge is -2.38. The number of ether oxygens (including phenoxy) is 1. The van der Waals surface area contributed by atoms with E-state index in [4.69, 9.17) is 4.74 Å². The van der Waals surface area contributed by atoms with Gasteiger partial charge in [-0.25, -0.2) is 13.2 Å². The Hall–Kier alpha value is -2.09. The van der Waals surface area contributed by atoms with Gasteiger partial charge in [0.05, 0.1) is 30.7 Å².